The van der Waals surface area contributed by atoms with Crippen LogP contribution >= 0.6 is 61.1 Å². The fraction of sp³-hybridized carbons (Fsp3) is 0.0455. The van der Waals surface area contributed by atoms with Gasteiger partial charge in [0.15, 0.2) is 9.84 Å². The van der Waals surface area contributed by atoms with Crippen LogP contribution in [0.25, 0.3) is 6.08 Å². The molecule has 0 fully saturated rings. The smallest absolute Gasteiger partial charge is 0.204 e. The molecule has 3 rings (SSSR count). The first-order valence-electron chi connectivity index (χ1n) is 8.49. The Bertz CT molecular complexity index is 1150. The average Bonchev–Trinajstić information content (AvgIpc) is 2.69. The predicted octanol–water partition coefficient (Wildman–Crippen LogP) is 6.50. The highest BCUT2D eigenvalue weighted by Gasteiger charge is 2.26. The maximum atomic E-state index is 13.2. The lowest BCUT2D eigenvalue weighted by Crippen LogP contribution is -2.16. The third-order valence-electron chi connectivity index (χ3n) is 4.10. The van der Waals surface area contributed by atoms with E-state index in [1.165, 1.54) is 6.08 Å². The third kappa shape index (κ3) is 6.22. The number of Topliss-reactive ketones (excluding diaryl/α,β-unsaturated/α-hetero) is 1. The van der Waals surface area contributed by atoms with Crippen molar-refractivity contribution >= 4 is 82.8 Å². The van der Waals surface area contributed by atoms with E-state index in [2.05, 4.69) is 61.1 Å². The van der Waals surface area contributed by atoms with Gasteiger partial charge in [0.1, 0.15) is 4.91 Å². The fourth-order valence-electron chi connectivity index (χ4n) is 2.63. The van der Waals surface area contributed by atoms with Crippen LogP contribution in [0.1, 0.15) is 21.5 Å². The van der Waals surface area contributed by atoms with E-state index in [1.54, 1.807) is 48.5 Å². The highest BCUT2D eigenvalue weighted by molar-refractivity contribution is 14.1. The Morgan fingerprint density at radius 1 is 0.828 bits per heavy atom. The number of hydrogen-bond acceptors (Lipinski definition) is 3. The first kappa shape index (κ1) is 22.6. The van der Waals surface area contributed by atoms with Crippen molar-refractivity contribution < 1.29 is 13.2 Å². The second-order valence-electron chi connectivity index (χ2n) is 6.28. The Balaban J connectivity index is 2.05. The van der Waals surface area contributed by atoms with E-state index in [9.17, 15) is 13.2 Å². The Labute approximate surface area is 205 Å². The number of allylic oxidation sites excluding steroid dienone is 1. The zero-order valence-corrected chi connectivity index (χ0v) is 21.7. The van der Waals surface area contributed by atoms with Crippen molar-refractivity contribution in [3.8, 4) is 0 Å². The van der Waals surface area contributed by atoms with E-state index in [-0.39, 0.29) is 10.7 Å². The predicted molar refractivity (Wildman–Crippen MR) is 137 cm³/mol. The summed E-state index contributed by atoms with van der Waals surface area (Å²) in [6, 6.07) is 21.3. The molecule has 0 N–H and O–H groups in total. The zero-order valence-electron chi connectivity index (χ0n) is 15.0. The van der Waals surface area contributed by atoms with Crippen LogP contribution in [0.4, 0.5) is 0 Å². The Kier molecular flexibility index (Phi) is 7.69. The van der Waals surface area contributed by atoms with E-state index in [0.29, 0.717) is 16.7 Å². The number of carbonyl (C=O) groups is 1. The Morgan fingerprint density at radius 2 is 1.34 bits per heavy atom. The molecule has 0 unspecified atom stereocenters. The van der Waals surface area contributed by atoms with E-state index in [0.717, 1.165) is 11.6 Å². The van der Waals surface area contributed by atoms with Crippen LogP contribution in [0.15, 0.2) is 82.2 Å². The van der Waals surface area contributed by atoms with E-state index < -0.39 is 15.6 Å². The molecule has 0 aliphatic heterocycles. The SMILES string of the molecule is O=C(/C(=C/c1ccc(Br)cc1)S(=O)(=O)Cc1ccc(I)cc1)c1ccc(I)cc1. The van der Waals surface area contributed by atoms with Crippen LogP contribution in [0, 0.1) is 7.14 Å². The van der Waals surface area contributed by atoms with Crippen LogP contribution in [-0.2, 0) is 15.6 Å². The molecule has 3 aromatic carbocycles. The Morgan fingerprint density at radius 3 is 1.90 bits per heavy atom. The highest BCUT2D eigenvalue weighted by atomic mass is 127. The van der Waals surface area contributed by atoms with Gasteiger partial charge in [-0.3, -0.25) is 4.79 Å². The van der Waals surface area contributed by atoms with E-state index in [1.807, 2.05) is 24.3 Å². The molecule has 0 spiro atoms. The second-order valence-corrected chi connectivity index (χ2v) is 11.6. The first-order valence-corrected chi connectivity index (χ1v) is 13.1. The van der Waals surface area contributed by atoms with Gasteiger partial charge in [-0.05, 0) is 111 Å². The van der Waals surface area contributed by atoms with Crippen molar-refractivity contribution in [2.75, 3.05) is 0 Å². The summed E-state index contributed by atoms with van der Waals surface area (Å²) in [6.45, 7) is 0. The van der Waals surface area contributed by atoms with Crippen LogP contribution < -0.4 is 0 Å². The summed E-state index contributed by atoms with van der Waals surface area (Å²) in [5.41, 5.74) is 1.63. The molecule has 0 amide bonds. The van der Waals surface area contributed by atoms with Gasteiger partial charge in [0.2, 0.25) is 5.78 Å². The average molecular weight is 693 g/mol. The lowest BCUT2D eigenvalue weighted by Gasteiger charge is -2.10. The molecule has 0 atom stereocenters. The molecule has 0 aliphatic rings. The molecule has 3 aromatic rings. The number of halogens is 3. The molecular formula is C22H15BrI2O3S. The molecule has 0 bridgehead atoms. The summed E-state index contributed by atoms with van der Waals surface area (Å²) >= 11 is 7.68. The van der Waals surface area contributed by atoms with Crippen molar-refractivity contribution in [3.63, 3.8) is 0 Å². The largest absolute Gasteiger partial charge is 0.288 e. The minimum atomic E-state index is -3.86. The number of sulfone groups is 1. The topological polar surface area (TPSA) is 51.2 Å². The summed E-state index contributed by atoms with van der Waals surface area (Å²) in [7, 11) is -3.86. The van der Waals surface area contributed by atoms with E-state index >= 15 is 0 Å². The highest BCUT2D eigenvalue weighted by Crippen LogP contribution is 2.24. The van der Waals surface area contributed by atoms with Crippen molar-refractivity contribution in [3.05, 3.63) is 106 Å². The van der Waals surface area contributed by atoms with Crippen molar-refractivity contribution in [1.82, 2.24) is 0 Å². The van der Waals surface area contributed by atoms with Gasteiger partial charge in [0, 0.05) is 17.2 Å². The monoisotopic (exact) mass is 692 g/mol. The summed E-state index contributed by atoms with van der Waals surface area (Å²) in [4.78, 5) is 12.9. The van der Waals surface area contributed by atoms with Gasteiger partial charge in [-0.1, -0.05) is 40.2 Å². The maximum absolute atomic E-state index is 13.2. The number of hydrogen-bond donors (Lipinski definition) is 0. The number of benzene rings is 3. The molecule has 0 aromatic heterocycles. The quantitative estimate of drug-likeness (QED) is 0.169. The zero-order chi connectivity index (χ0) is 21.0. The van der Waals surface area contributed by atoms with Crippen molar-refractivity contribution in [2.24, 2.45) is 0 Å². The standard InChI is InChI=1S/C22H15BrI2O3S/c23-18-7-1-15(2-8-18)13-21(22(26)17-5-11-20(25)12-6-17)29(27,28)14-16-3-9-19(24)10-4-16/h1-13H,14H2/b21-13-. The second kappa shape index (κ2) is 9.84. The minimum Gasteiger partial charge on any atom is -0.288 e. The van der Waals surface area contributed by atoms with Crippen LogP contribution in [0.3, 0.4) is 0 Å². The summed E-state index contributed by atoms with van der Waals surface area (Å²) in [6.07, 6.45) is 1.45. The number of rotatable bonds is 6. The van der Waals surface area contributed by atoms with Gasteiger partial charge >= 0.3 is 0 Å². The lowest BCUT2D eigenvalue weighted by molar-refractivity contribution is 0.104. The molecule has 0 radical (unpaired) electrons. The van der Waals surface area contributed by atoms with Crippen LogP contribution in [0.5, 0.6) is 0 Å². The van der Waals surface area contributed by atoms with Crippen LogP contribution in [0.2, 0.25) is 0 Å². The lowest BCUT2D eigenvalue weighted by atomic mass is 10.1. The van der Waals surface area contributed by atoms with Crippen LogP contribution in [-0.4, -0.2) is 14.2 Å². The summed E-state index contributed by atoms with van der Waals surface area (Å²) < 4.78 is 29.3. The molecule has 3 nitrogen and oxygen atoms in total. The molecule has 0 heterocycles. The van der Waals surface area contributed by atoms with Gasteiger partial charge in [-0.25, -0.2) is 8.42 Å². The number of carbonyl (C=O) groups excluding carboxylic acids is 1. The Hall–Kier alpha value is -1.04. The van der Waals surface area contributed by atoms with Gasteiger partial charge in [-0.15, -0.1) is 0 Å². The van der Waals surface area contributed by atoms with Gasteiger partial charge < -0.3 is 0 Å². The molecule has 0 saturated carbocycles. The maximum Gasteiger partial charge on any atom is 0.204 e. The molecule has 29 heavy (non-hydrogen) atoms. The van der Waals surface area contributed by atoms with Gasteiger partial charge in [0.05, 0.1) is 5.75 Å². The minimum absolute atomic E-state index is 0.209. The van der Waals surface area contributed by atoms with Gasteiger partial charge in [0.25, 0.3) is 0 Å². The molecule has 148 valence electrons. The molecule has 7 heteroatoms. The molecule has 0 aliphatic carbocycles. The van der Waals surface area contributed by atoms with Gasteiger partial charge in [-0.2, -0.15) is 0 Å². The normalized spacial score (nSPS) is 12.0. The van der Waals surface area contributed by atoms with E-state index in [4.69, 9.17) is 0 Å². The number of ketones is 1. The molecule has 0 saturated heterocycles. The fourth-order valence-corrected chi connectivity index (χ4v) is 5.11. The summed E-state index contributed by atoms with van der Waals surface area (Å²) in [5, 5.41) is 0. The molecular weight excluding hydrogens is 678 g/mol. The van der Waals surface area contributed by atoms with Crippen molar-refractivity contribution in [1.29, 1.82) is 0 Å². The third-order valence-corrected chi connectivity index (χ3v) is 7.76. The van der Waals surface area contributed by atoms with Crippen molar-refractivity contribution in [2.45, 2.75) is 5.75 Å². The first-order chi connectivity index (χ1) is 13.7. The summed E-state index contributed by atoms with van der Waals surface area (Å²) in [5.74, 6) is -0.739.